The summed E-state index contributed by atoms with van der Waals surface area (Å²) in [7, 11) is 0. The van der Waals surface area contributed by atoms with Gasteiger partial charge in [0.1, 0.15) is 11.3 Å². The van der Waals surface area contributed by atoms with E-state index in [-0.39, 0.29) is 11.3 Å². The highest BCUT2D eigenvalue weighted by Gasteiger charge is 2.16. The van der Waals surface area contributed by atoms with Gasteiger partial charge < -0.3 is 9.84 Å². The molecule has 1 aromatic carbocycles. The number of carboxylic acid groups (broad SMARTS) is 1. The van der Waals surface area contributed by atoms with E-state index in [0.29, 0.717) is 5.88 Å². The van der Waals surface area contributed by atoms with Crippen molar-refractivity contribution in [1.82, 2.24) is 4.98 Å². The zero-order valence-electron chi connectivity index (χ0n) is 10.6. The molecule has 1 aliphatic carbocycles. The Hall–Kier alpha value is -1.88. The molecule has 5 heteroatoms. The van der Waals surface area contributed by atoms with E-state index >= 15 is 0 Å². The second-order valence-corrected chi connectivity index (χ2v) is 5.57. The zero-order chi connectivity index (χ0) is 14.1. The summed E-state index contributed by atoms with van der Waals surface area (Å²) in [5.74, 6) is -0.294. The van der Waals surface area contributed by atoms with Gasteiger partial charge in [0.2, 0.25) is 5.88 Å². The standard InChI is InChI=1S/C15H12BrNO3/c16-10-5-6-11(15(18)19)13(8-10)20-14-7-4-9-2-1-3-12(9)17-14/h4-8H,1-3H2,(H,18,19). The van der Waals surface area contributed by atoms with Gasteiger partial charge in [-0.3, -0.25) is 0 Å². The van der Waals surface area contributed by atoms with Crippen molar-refractivity contribution in [3.05, 3.63) is 51.6 Å². The minimum atomic E-state index is -1.02. The molecule has 0 bridgehead atoms. The van der Waals surface area contributed by atoms with Gasteiger partial charge in [0.05, 0.1) is 0 Å². The Morgan fingerprint density at radius 3 is 2.90 bits per heavy atom. The number of aromatic carboxylic acids is 1. The highest BCUT2D eigenvalue weighted by Crippen LogP contribution is 2.29. The Morgan fingerprint density at radius 1 is 1.25 bits per heavy atom. The van der Waals surface area contributed by atoms with Crippen LogP contribution >= 0.6 is 15.9 Å². The SMILES string of the molecule is O=C(O)c1ccc(Br)cc1Oc1ccc2c(n1)CCC2. The number of carboxylic acids is 1. The number of aromatic nitrogens is 1. The van der Waals surface area contributed by atoms with Gasteiger partial charge in [-0.15, -0.1) is 0 Å². The molecule has 20 heavy (non-hydrogen) atoms. The maximum absolute atomic E-state index is 11.2. The van der Waals surface area contributed by atoms with E-state index in [4.69, 9.17) is 4.74 Å². The lowest BCUT2D eigenvalue weighted by Crippen LogP contribution is -2.01. The van der Waals surface area contributed by atoms with Gasteiger partial charge in [-0.05, 0) is 43.0 Å². The molecule has 1 aromatic heterocycles. The maximum atomic E-state index is 11.2. The quantitative estimate of drug-likeness (QED) is 0.927. The normalized spacial score (nSPS) is 13.1. The van der Waals surface area contributed by atoms with Crippen LogP contribution in [0.5, 0.6) is 11.6 Å². The van der Waals surface area contributed by atoms with E-state index in [1.165, 1.54) is 11.6 Å². The smallest absolute Gasteiger partial charge is 0.339 e. The van der Waals surface area contributed by atoms with Crippen LogP contribution in [0, 0.1) is 0 Å². The number of halogens is 1. The number of aryl methyl sites for hydroxylation is 2. The second-order valence-electron chi connectivity index (χ2n) is 4.66. The molecule has 3 rings (SSSR count). The zero-order valence-corrected chi connectivity index (χ0v) is 12.2. The summed E-state index contributed by atoms with van der Waals surface area (Å²) in [5, 5.41) is 9.17. The number of hydrogen-bond donors (Lipinski definition) is 1. The van der Waals surface area contributed by atoms with Gasteiger partial charge in [0.15, 0.2) is 0 Å². The first-order chi connectivity index (χ1) is 9.63. The van der Waals surface area contributed by atoms with E-state index in [2.05, 4.69) is 20.9 Å². The van der Waals surface area contributed by atoms with Gasteiger partial charge in [-0.1, -0.05) is 22.0 Å². The number of carbonyl (C=O) groups is 1. The summed E-state index contributed by atoms with van der Waals surface area (Å²) in [4.78, 5) is 15.6. The monoisotopic (exact) mass is 333 g/mol. The molecule has 0 radical (unpaired) electrons. The molecule has 0 saturated carbocycles. The average molecular weight is 334 g/mol. The van der Waals surface area contributed by atoms with E-state index in [0.717, 1.165) is 29.4 Å². The number of ether oxygens (including phenoxy) is 1. The molecule has 0 amide bonds. The molecule has 0 unspecified atom stereocenters. The molecule has 1 aliphatic rings. The lowest BCUT2D eigenvalue weighted by molar-refractivity contribution is 0.0694. The van der Waals surface area contributed by atoms with Crippen molar-refractivity contribution >= 4 is 21.9 Å². The highest BCUT2D eigenvalue weighted by atomic mass is 79.9. The fourth-order valence-corrected chi connectivity index (χ4v) is 2.67. The van der Waals surface area contributed by atoms with Crippen molar-refractivity contribution in [2.75, 3.05) is 0 Å². The van der Waals surface area contributed by atoms with Crippen LogP contribution in [0.3, 0.4) is 0 Å². The number of rotatable bonds is 3. The number of pyridine rings is 1. The lowest BCUT2D eigenvalue weighted by Gasteiger charge is -2.09. The molecular weight excluding hydrogens is 322 g/mol. The predicted molar refractivity (Wildman–Crippen MR) is 77.4 cm³/mol. The number of fused-ring (bicyclic) bond motifs is 1. The van der Waals surface area contributed by atoms with Crippen LogP contribution in [-0.4, -0.2) is 16.1 Å². The first-order valence-electron chi connectivity index (χ1n) is 6.33. The topological polar surface area (TPSA) is 59.4 Å². The number of benzene rings is 1. The van der Waals surface area contributed by atoms with Crippen molar-refractivity contribution < 1.29 is 14.6 Å². The first kappa shape index (κ1) is 13.1. The maximum Gasteiger partial charge on any atom is 0.339 e. The Morgan fingerprint density at radius 2 is 2.10 bits per heavy atom. The number of hydrogen-bond acceptors (Lipinski definition) is 3. The fourth-order valence-electron chi connectivity index (χ4n) is 2.33. The molecule has 1 N–H and O–H groups in total. The van der Waals surface area contributed by atoms with Crippen LogP contribution in [0.25, 0.3) is 0 Å². The van der Waals surface area contributed by atoms with Crippen LogP contribution < -0.4 is 4.74 Å². The van der Waals surface area contributed by atoms with Crippen LogP contribution in [-0.2, 0) is 12.8 Å². The summed E-state index contributed by atoms with van der Waals surface area (Å²) >= 11 is 3.32. The van der Waals surface area contributed by atoms with Gasteiger partial charge >= 0.3 is 5.97 Å². The van der Waals surface area contributed by atoms with Crippen LogP contribution in [0.2, 0.25) is 0 Å². The Labute approximate surface area is 124 Å². The lowest BCUT2D eigenvalue weighted by atomic mass is 10.2. The van der Waals surface area contributed by atoms with E-state index < -0.39 is 5.97 Å². The van der Waals surface area contributed by atoms with Crippen molar-refractivity contribution in [2.24, 2.45) is 0 Å². The Kier molecular flexibility index (Phi) is 3.44. The Bertz CT molecular complexity index is 685. The predicted octanol–water partition coefficient (Wildman–Crippen LogP) is 3.82. The summed E-state index contributed by atoms with van der Waals surface area (Å²) in [6.07, 6.45) is 3.12. The van der Waals surface area contributed by atoms with Crippen molar-refractivity contribution in [2.45, 2.75) is 19.3 Å². The Balaban J connectivity index is 1.95. The molecule has 0 fully saturated rings. The third-order valence-corrected chi connectivity index (χ3v) is 3.78. The summed E-state index contributed by atoms with van der Waals surface area (Å²) in [6, 6.07) is 8.61. The number of nitrogens with zero attached hydrogens (tertiary/aromatic N) is 1. The van der Waals surface area contributed by atoms with Gasteiger partial charge in [0, 0.05) is 16.2 Å². The molecule has 0 spiro atoms. The summed E-state index contributed by atoms with van der Waals surface area (Å²) < 4.78 is 6.42. The third-order valence-electron chi connectivity index (χ3n) is 3.29. The molecule has 0 saturated heterocycles. The third kappa shape index (κ3) is 2.54. The molecular formula is C15H12BrNO3. The van der Waals surface area contributed by atoms with Crippen molar-refractivity contribution in [1.29, 1.82) is 0 Å². The highest BCUT2D eigenvalue weighted by molar-refractivity contribution is 9.10. The largest absolute Gasteiger partial charge is 0.478 e. The summed E-state index contributed by atoms with van der Waals surface area (Å²) in [6.45, 7) is 0. The van der Waals surface area contributed by atoms with Crippen LogP contribution in [0.1, 0.15) is 28.0 Å². The van der Waals surface area contributed by atoms with Crippen LogP contribution in [0.4, 0.5) is 0 Å². The first-order valence-corrected chi connectivity index (χ1v) is 7.12. The van der Waals surface area contributed by atoms with E-state index in [9.17, 15) is 9.90 Å². The second kappa shape index (κ2) is 5.25. The van der Waals surface area contributed by atoms with E-state index in [1.807, 2.05) is 6.07 Å². The molecule has 4 nitrogen and oxygen atoms in total. The van der Waals surface area contributed by atoms with Crippen molar-refractivity contribution in [3.63, 3.8) is 0 Å². The summed E-state index contributed by atoms with van der Waals surface area (Å²) in [5.41, 5.74) is 2.43. The van der Waals surface area contributed by atoms with Gasteiger partial charge in [-0.2, -0.15) is 0 Å². The van der Waals surface area contributed by atoms with Crippen LogP contribution in [0.15, 0.2) is 34.8 Å². The molecule has 0 aliphatic heterocycles. The molecule has 1 heterocycles. The fraction of sp³-hybridized carbons (Fsp3) is 0.200. The molecule has 102 valence electrons. The molecule has 2 aromatic rings. The van der Waals surface area contributed by atoms with E-state index in [1.54, 1.807) is 18.2 Å². The van der Waals surface area contributed by atoms with Crippen molar-refractivity contribution in [3.8, 4) is 11.6 Å². The average Bonchev–Trinajstić information content (AvgIpc) is 2.85. The molecule has 0 atom stereocenters. The minimum Gasteiger partial charge on any atom is -0.478 e. The van der Waals surface area contributed by atoms with Gasteiger partial charge in [0.25, 0.3) is 0 Å². The van der Waals surface area contributed by atoms with Gasteiger partial charge in [-0.25, -0.2) is 9.78 Å². The minimum absolute atomic E-state index is 0.121.